The van der Waals surface area contributed by atoms with E-state index in [1.807, 2.05) is 27.7 Å². The van der Waals surface area contributed by atoms with Gasteiger partial charge in [-0.1, -0.05) is 77.8 Å². The maximum absolute atomic E-state index is 8.58. The number of primary amides is 1. The average Bonchev–Trinajstić information content (AvgIpc) is 2.46. The van der Waals surface area contributed by atoms with Gasteiger partial charge in [0.2, 0.25) is 6.41 Å². The fraction of sp³-hybridized carbons (Fsp3) is 0.562. The van der Waals surface area contributed by atoms with Crippen molar-refractivity contribution in [3.05, 3.63) is 35.9 Å². The molecule has 1 amide bonds. The molecule has 0 aliphatic carbocycles. The van der Waals surface area contributed by atoms with E-state index in [0.717, 1.165) is 0 Å². The molecule has 0 bridgehead atoms. The summed E-state index contributed by atoms with van der Waals surface area (Å²) in [6.45, 7) is 10.2. The van der Waals surface area contributed by atoms with Gasteiger partial charge in [0.1, 0.15) is 0 Å². The zero-order chi connectivity index (χ0) is 14.6. The predicted molar refractivity (Wildman–Crippen MR) is 82.6 cm³/mol. The lowest BCUT2D eigenvalue weighted by Crippen LogP contribution is -1.83. The van der Waals surface area contributed by atoms with Crippen molar-refractivity contribution >= 4 is 6.41 Å². The molecule has 1 aromatic carbocycles. The molecule has 0 aromatic heterocycles. The standard InChI is InChI=1S/C11H16.2C2H6.CH3NO/c1-2-3-5-8-11-9-6-4-7-10-11;2*1-2;2-1-3/h4,6-7,9-10H,2-3,5,8H2,1H3;2*1-2H3;1H,(H2,2,3). The van der Waals surface area contributed by atoms with Gasteiger partial charge in [-0.2, -0.15) is 0 Å². The molecule has 2 nitrogen and oxygen atoms in total. The van der Waals surface area contributed by atoms with Crippen LogP contribution in [0.15, 0.2) is 30.3 Å². The second kappa shape index (κ2) is 24.8. The molecule has 0 spiro atoms. The Hall–Kier alpha value is -1.31. The normalized spacial score (nSPS) is 7.39. The summed E-state index contributed by atoms with van der Waals surface area (Å²) in [6.07, 6.45) is 5.50. The molecular formula is C16H31NO. The number of aryl methyl sites for hydroxylation is 1. The lowest BCUT2D eigenvalue weighted by Gasteiger charge is -1.98. The number of rotatable bonds is 4. The number of nitrogens with two attached hydrogens (primary N) is 1. The molecule has 0 saturated carbocycles. The van der Waals surface area contributed by atoms with Crippen molar-refractivity contribution in [2.24, 2.45) is 5.73 Å². The smallest absolute Gasteiger partial charge is 0.204 e. The van der Waals surface area contributed by atoms with E-state index < -0.39 is 0 Å². The van der Waals surface area contributed by atoms with Crippen LogP contribution in [0.2, 0.25) is 0 Å². The molecule has 18 heavy (non-hydrogen) atoms. The first-order valence-electron chi connectivity index (χ1n) is 7.04. The average molecular weight is 253 g/mol. The number of carbonyl (C=O) groups excluding carboxylic acids is 1. The summed E-state index contributed by atoms with van der Waals surface area (Å²) in [5, 5.41) is 0. The molecular weight excluding hydrogens is 222 g/mol. The van der Waals surface area contributed by atoms with Gasteiger partial charge in [0.25, 0.3) is 0 Å². The first kappa shape index (κ1) is 21.9. The highest BCUT2D eigenvalue weighted by molar-refractivity contribution is 5.42. The topological polar surface area (TPSA) is 43.1 Å². The van der Waals surface area contributed by atoms with Crippen LogP contribution in [0, 0.1) is 0 Å². The third kappa shape index (κ3) is 20.1. The van der Waals surface area contributed by atoms with Crippen LogP contribution in [-0.4, -0.2) is 6.41 Å². The van der Waals surface area contributed by atoms with E-state index in [1.54, 1.807) is 0 Å². The molecule has 0 aliphatic rings. The molecule has 0 fully saturated rings. The zero-order valence-corrected chi connectivity index (χ0v) is 12.8. The Morgan fingerprint density at radius 2 is 1.44 bits per heavy atom. The number of hydrogen-bond donors (Lipinski definition) is 1. The second-order valence-electron chi connectivity index (χ2n) is 3.08. The van der Waals surface area contributed by atoms with Gasteiger partial charge in [-0.3, -0.25) is 4.79 Å². The van der Waals surface area contributed by atoms with Crippen molar-refractivity contribution in [3.63, 3.8) is 0 Å². The van der Waals surface area contributed by atoms with Crippen molar-refractivity contribution < 1.29 is 4.79 Å². The highest BCUT2D eigenvalue weighted by atomic mass is 16.1. The Morgan fingerprint density at radius 1 is 1.00 bits per heavy atom. The fourth-order valence-electron chi connectivity index (χ4n) is 1.22. The lowest BCUT2D eigenvalue weighted by atomic mass is 10.1. The highest BCUT2D eigenvalue weighted by Crippen LogP contribution is 2.05. The molecule has 106 valence electrons. The van der Waals surface area contributed by atoms with Crippen LogP contribution in [0.25, 0.3) is 0 Å². The van der Waals surface area contributed by atoms with E-state index in [2.05, 4.69) is 43.0 Å². The van der Waals surface area contributed by atoms with Gasteiger partial charge in [0, 0.05) is 0 Å². The van der Waals surface area contributed by atoms with Crippen molar-refractivity contribution in [1.29, 1.82) is 0 Å². The SMILES string of the molecule is CC.CC.CCCCCc1ccccc1.NC=O. The Bertz CT molecular complexity index is 222. The molecule has 0 radical (unpaired) electrons. The van der Waals surface area contributed by atoms with Crippen LogP contribution in [0.3, 0.4) is 0 Å². The van der Waals surface area contributed by atoms with E-state index in [-0.39, 0.29) is 6.41 Å². The number of amides is 1. The van der Waals surface area contributed by atoms with Gasteiger partial charge < -0.3 is 5.73 Å². The largest absolute Gasteiger partial charge is 0.372 e. The number of unbranched alkanes of at least 4 members (excludes halogenated alkanes) is 2. The molecule has 0 saturated heterocycles. The summed E-state index contributed by atoms with van der Waals surface area (Å²) in [7, 11) is 0. The minimum atomic E-state index is 0.250. The summed E-state index contributed by atoms with van der Waals surface area (Å²) < 4.78 is 0. The van der Waals surface area contributed by atoms with Crippen LogP contribution in [0.4, 0.5) is 0 Å². The van der Waals surface area contributed by atoms with E-state index in [4.69, 9.17) is 4.79 Å². The summed E-state index contributed by atoms with van der Waals surface area (Å²) in [5.74, 6) is 0. The molecule has 1 aromatic rings. The lowest BCUT2D eigenvalue weighted by molar-refractivity contribution is -0.106. The predicted octanol–water partition coefficient (Wildman–Crippen LogP) is 4.57. The van der Waals surface area contributed by atoms with Crippen molar-refractivity contribution in [3.8, 4) is 0 Å². The van der Waals surface area contributed by atoms with E-state index in [1.165, 1.54) is 31.2 Å². The fourth-order valence-corrected chi connectivity index (χ4v) is 1.22. The van der Waals surface area contributed by atoms with E-state index in [9.17, 15) is 0 Å². The molecule has 0 unspecified atom stereocenters. The summed E-state index contributed by atoms with van der Waals surface area (Å²) >= 11 is 0. The quantitative estimate of drug-likeness (QED) is 0.619. The molecule has 0 aliphatic heterocycles. The van der Waals surface area contributed by atoms with Gasteiger partial charge in [-0.15, -0.1) is 0 Å². The Balaban J connectivity index is -0.000000274. The number of benzene rings is 1. The molecule has 1 rings (SSSR count). The third-order valence-electron chi connectivity index (χ3n) is 1.91. The van der Waals surface area contributed by atoms with Crippen LogP contribution < -0.4 is 5.73 Å². The highest BCUT2D eigenvalue weighted by Gasteiger charge is 1.89. The number of hydrogen-bond acceptors (Lipinski definition) is 1. The van der Waals surface area contributed by atoms with Crippen LogP contribution in [-0.2, 0) is 11.2 Å². The minimum absolute atomic E-state index is 0.250. The van der Waals surface area contributed by atoms with Crippen molar-refractivity contribution in [1.82, 2.24) is 0 Å². The van der Waals surface area contributed by atoms with Crippen molar-refractivity contribution in [2.75, 3.05) is 0 Å². The van der Waals surface area contributed by atoms with Gasteiger partial charge in [0.15, 0.2) is 0 Å². The van der Waals surface area contributed by atoms with Gasteiger partial charge in [-0.25, -0.2) is 0 Å². The monoisotopic (exact) mass is 253 g/mol. The second-order valence-corrected chi connectivity index (χ2v) is 3.08. The summed E-state index contributed by atoms with van der Waals surface area (Å²) in [4.78, 5) is 8.58. The zero-order valence-electron chi connectivity index (χ0n) is 12.8. The van der Waals surface area contributed by atoms with Gasteiger partial charge in [-0.05, 0) is 18.4 Å². The first-order chi connectivity index (χ1) is 8.85. The summed E-state index contributed by atoms with van der Waals surface area (Å²) in [6, 6.07) is 10.7. The minimum Gasteiger partial charge on any atom is -0.372 e. The van der Waals surface area contributed by atoms with Crippen molar-refractivity contribution in [2.45, 2.75) is 60.3 Å². The molecule has 2 N–H and O–H groups in total. The molecule has 2 heteroatoms. The Kier molecular flexibility index (Phi) is 30.2. The van der Waals surface area contributed by atoms with E-state index >= 15 is 0 Å². The maximum Gasteiger partial charge on any atom is 0.204 e. The number of carbonyl (C=O) groups is 1. The van der Waals surface area contributed by atoms with Crippen LogP contribution in [0.5, 0.6) is 0 Å². The Labute approximate surface area is 114 Å². The molecule has 0 heterocycles. The van der Waals surface area contributed by atoms with Crippen LogP contribution in [0.1, 0.15) is 59.4 Å². The first-order valence-corrected chi connectivity index (χ1v) is 7.04. The van der Waals surface area contributed by atoms with E-state index in [0.29, 0.717) is 0 Å². The van der Waals surface area contributed by atoms with Crippen LogP contribution >= 0.6 is 0 Å². The summed E-state index contributed by atoms with van der Waals surface area (Å²) in [5.41, 5.74) is 5.64. The third-order valence-corrected chi connectivity index (χ3v) is 1.91. The van der Waals surface area contributed by atoms with Gasteiger partial charge in [0.05, 0.1) is 0 Å². The molecule has 0 atom stereocenters. The Morgan fingerprint density at radius 3 is 1.83 bits per heavy atom. The van der Waals surface area contributed by atoms with Gasteiger partial charge >= 0.3 is 0 Å². The maximum atomic E-state index is 8.58.